The van der Waals surface area contributed by atoms with E-state index in [9.17, 15) is 18.0 Å². The molecule has 0 saturated heterocycles. The SMILES string of the molecule is Cc1cnc(/C=C/c2ccc(C(=O)Nc3cc(CCCS(=O)(=O)c4ccc(Cl)cc4)ccc3OCC(=O)O)cc2)s1. The molecule has 0 aliphatic rings. The van der Waals surface area contributed by atoms with Crippen molar-refractivity contribution < 1.29 is 27.9 Å². The lowest BCUT2D eigenvalue weighted by Gasteiger charge is -2.14. The van der Waals surface area contributed by atoms with Gasteiger partial charge < -0.3 is 15.2 Å². The highest BCUT2D eigenvalue weighted by atomic mass is 35.5. The fourth-order valence-electron chi connectivity index (χ4n) is 3.88. The van der Waals surface area contributed by atoms with Crippen LogP contribution in [0, 0.1) is 6.92 Å². The van der Waals surface area contributed by atoms with Crippen LogP contribution in [0.1, 0.15) is 37.8 Å². The van der Waals surface area contributed by atoms with Gasteiger partial charge in [0.25, 0.3) is 5.91 Å². The quantitative estimate of drug-likeness (QED) is 0.190. The molecule has 0 aliphatic heterocycles. The maximum absolute atomic E-state index is 13.0. The summed E-state index contributed by atoms with van der Waals surface area (Å²) in [5.74, 6) is -1.44. The number of aromatic nitrogens is 1. The van der Waals surface area contributed by atoms with E-state index in [0.717, 1.165) is 21.0 Å². The van der Waals surface area contributed by atoms with Crippen LogP contribution in [0.5, 0.6) is 5.75 Å². The summed E-state index contributed by atoms with van der Waals surface area (Å²) < 4.78 is 30.7. The van der Waals surface area contributed by atoms with Crippen molar-refractivity contribution in [3.05, 3.63) is 105 Å². The van der Waals surface area contributed by atoms with E-state index in [1.54, 1.807) is 41.7 Å². The molecule has 0 aliphatic carbocycles. The lowest BCUT2D eigenvalue weighted by atomic mass is 10.1. The molecule has 4 rings (SSSR count). The second-order valence-corrected chi connectivity index (χ2v) is 12.9. The van der Waals surface area contributed by atoms with E-state index in [1.165, 1.54) is 24.3 Å². The van der Waals surface area contributed by atoms with Gasteiger partial charge >= 0.3 is 5.97 Å². The highest BCUT2D eigenvalue weighted by Crippen LogP contribution is 2.28. The van der Waals surface area contributed by atoms with Crippen LogP contribution >= 0.6 is 22.9 Å². The fraction of sp³-hybridized carbons (Fsp3) is 0.167. The first-order valence-corrected chi connectivity index (χ1v) is 15.4. The topological polar surface area (TPSA) is 123 Å². The summed E-state index contributed by atoms with van der Waals surface area (Å²) in [5, 5.41) is 13.2. The second-order valence-electron chi connectivity index (χ2n) is 9.11. The number of thiazole rings is 1. The van der Waals surface area contributed by atoms with Crippen LogP contribution in [0.25, 0.3) is 12.2 Å². The zero-order chi connectivity index (χ0) is 29.4. The summed E-state index contributed by atoms with van der Waals surface area (Å²) in [6.07, 6.45) is 6.38. The Balaban J connectivity index is 1.44. The Labute approximate surface area is 247 Å². The number of aryl methyl sites for hydroxylation is 2. The summed E-state index contributed by atoms with van der Waals surface area (Å²) in [6.45, 7) is 1.41. The van der Waals surface area contributed by atoms with Crippen LogP contribution in [0.4, 0.5) is 5.69 Å². The van der Waals surface area contributed by atoms with Gasteiger partial charge in [-0.15, -0.1) is 11.3 Å². The van der Waals surface area contributed by atoms with Crippen molar-refractivity contribution >= 4 is 62.5 Å². The van der Waals surface area contributed by atoms with Gasteiger partial charge in [0.1, 0.15) is 10.8 Å². The molecule has 0 atom stereocenters. The number of carbonyl (C=O) groups excluding carboxylic acids is 1. The minimum absolute atomic E-state index is 0.0729. The van der Waals surface area contributed by atoms with E-state index in [2.05, 4.69) is 10.3 Å². The molecule has 1 aromatic heterocycles. The second kappa shape index (κ2) is 13.6. The number of benzene rings is 3. The van der Waals surface area contributed by atoms with Crippen LogP contribution in [0.2, 0.25) is 5.02 Å². The number of sulfone groups is 1. The normalized spacial score (nSPS) is 11.5. The van der Waals surface area contributed by atoms with E-state index < -0.39 is 28.3 Å². The molecule has 1 heterocycles. The maximum Gasteiger partial charge on any atom is 0.341 e. The molecule has 11 heteroatoms. The number of hydrogen-bond acceptors (Lipinski definition) is 7. The number of anilines is 1. The Bertz CT molecular complexity index is 1660. The Kier molecular flexibility index (Phi) is 9.93. The molecule has 2 N–H and O–H groups in total. The number of nitrogens with one attached hydrogen (secondary N) is 1. The van der Waals surface area contributed by atoms with Gasteiger partial charge in [-0.2, -0.15) is 0 Å². The van der Waals surface area contributed by atoms with E-state index >= 15 is 0 Å². The van der Waals surface area contributed by atoms with Crippen molar-refractivity contribution in [3.8, 4) is 5.75 Å². The summed E-state index contributed by atoms with van der Waals surface area (Å²) >= 11 is 7.44. The molecular formula is C30H27ClN2O6S2. The first-order chi connectivity index (χ1) is 19.6. The Morgan fingerprint density at radius 3 is 2.44 bits per heavy atom. The first kappa shape index (κ1) is 30.0. The Morgan fingerprint density at radius 1 is 1.05 bits per heavy atom. The number of amides is 1. The van der Waals surface area contributed by atoms with E-state index in [0.29, 0.717) is 23.4 Å². The molecule has 0 spiro atoms. The van der Waals surface area contributed by atoms with Crippen molar-refractivity contribution in [2.45, 2.75) is 24.7 Å². The van der Waals surface area contributed by atoms with Crippen molar-refractivity contribution in [1.82, 2.24) is 4.98 Å². The highest BCUT2D eigenvalue weighted by molar-refractivity contribution is 7.91. The summed E-state index contributed by atoms with van der Waals surface area (Å²) in [5.41, 5.74) is 2.34. The zero-order valence-corrected chi connectivity index (χ0v) is 24.4. The number of nitrogens with zero attached hydrogens (tertiary/aromatic N) is 1. The molecule has 0 unspecified atom stereocenters. The predicted octanol–water partition coefficient (Wildman–Crippen LogP) is 6.40. The molecule has 4 aromatic rings. The summed E-state index contributed by atoms with van der Waals surface area (Å²) in [7, 11) is -3.49. The van der Waals surface area contributed by atoms with Gasteiger partial charge in [0, 0.05) is 21.7 Å². The average Bonchev–Trinajstić information content (AvgIpc) is 3.36. The molecule has 41 heavy (non-hydrogen) atoms. The molecule has 3 aromatic carbocycles. The predicted molar refractivity (Wildman–Crippen MR) is 162 cm³/mol. The molecule has 0 radical (unpaired) electrons. The number of halogens is 1. The number of ether oxygens (including phenoxy) is 1. The largest absolute Gasteiger partial charge is 0.480 e. The van der Waals surface area contributed by atoms with Crippen molar-refractivity contribution in [2.24, 2.45) is 0 Å². The van der Waals surface area contributed by atoms with Crippen molar-refractivity contribution in [1.29, 1.82) is 0 Å². The lowest BCUT2D eigenvalue weighted by Crippen LogP contribution is -2.15. The smallest absolute Gasteiger partial charge is 0.341 e. The Hall–Kier alpha value is -3.99. The third-order valence-electron chi connectivity index (χ3n) is 5.92. The summed E-state index contributed by atoms with van der Waals surface area (Å²) in [4.78, 5) is 29.7. The average molecular weight is 611 g/mol. The monoisotopic (exact) mass is 610 g/mol. The number of rotatable bonds is 12. The molecular weight excluding hydrogens is 584 g/mol. The van der Waals surface area contributed by atoms with Gasteiger partial charge in [-0.1, -0.05) is 35.9 Å². The number of hydrogen-bond donors (Lipinski definition) is 2. The summed E-state index contributed by atoms with van der Waals surface area (Å²) in [6, 6.07) is 18.0. The van der Waals surface area contributed by atoms with E-state index in [1.807, 2.05) is 37.4 Å². The van der Waals surface area contributed by atoms with Gasteiger partial charge in [0.05, 0.1) is 16.3 Å². The van der Waals surface area contributed by atoms with Gasteiger partial charge in [0.2, 0.25) is 0 Å². The number of carboxylic acids is 1. The molecule has 0 saturated carbocycles. The van der Waals surface area contributed by atoms with Crippen molar-refractivity contribution in [2.75, 3.05) is 17.7 Å². The standard InChI is InChI=1S/C30H27ClN2O6S2/c1-20-18-32-28(40-20)15-7-21-4-8-23(9-5-21)30(36)33-26-17-22(6-14-27(26)39-19-29(34)35)3-2-16-41(37,38)25-12-10-24(31)11-13-25/h4-15,17-18H,2-3,16,19H2,1H3,(H,33,36)(H,34,35)/b15-7+. The van der Waals surface area contributed by atoms with Gasteiger partial charge in [0.15, 0.2) is 16.4 Å². The van der Waals surface area contributed by atoms with Gasteiger partial charge in [-0.05, 0) is 85.5 Å². The van der Waals surface area contributed by atoms with Crippen LogP contribution in [0.15, 0.2) is 77.8 Å². The third-order valence-corrected chi connectivity index (χ3v) is 8.87. The molecule has 8 nitrogen and oxygen atoms in total. The van der Waals surface area contributed by atoms with Crippen LogP contribution in [-0.2, 0) is 21.1 Å². The minimum atomic E-state index is -3.49. The fourth-order valence-corrected chi connectivity index (χ4v) is 5.99. The minimum Gasteiger partial charge on any atom is -0.480 e. The van der Waals surface area contributed by atoms with Crippen LogP contribution < -0.4 is 10.1 Å². The van der Waals surface area contributed by atoms with E-state index in [4.69, 9.17) is 21.4 Å². The van der Waals surface area contributed by atoms with Gasteiger partial charge in [-0.3, -0.25) is 4.79 Å². The van der Waals surface area contributed by atoms with Crippen molar-refractivity contribution in [3.63, 3.8) is 0 Å². The maximum atomic E-state index is 13.0. The molecule has 212 valence electrons. The van der Waals surface area contributed by atoms with Crippen LogP contribution in [-0.4, -0.2) is 42.7 Å². The molecule has 1 amide bonds. The lowest BCUT2D eigenvalue weighted by molar-refractivity contribution is -0.139. The Morgan fingerprint density at radius 2 is 1.78 bits per heavy atom. The third kappa shape index (κ3) is 8.75. The molecule has 0 bridgehead atoms. The first-order valence-electron chi connectivity index (χ1n) is 12.6. The zero-order valence-electron chi connectivity index (χ0n) is 22.0. The van der Waals surface area contributed by atoms with Crippen LogP contribution in [0.3, 0.4) is 0 Å². The number of aliphatic carboxylic acids is 1. The molecule has 0 fully saturated rings. The highest BCUT2D eigenvalue weighted by Gasteiger charge is 2.16. The van der Waals surface area contributed by atoms with Gasteiger partial charge in [-0.25, -0.2) is 18.2 Å². The van der Waals surface area contributed by atoms with E-state index in [-0.39, 0.29) is 22.1 Å². The number of carboxylic acid groups (broad SMARTS) is 1. The number of carbonyl (C=O) groups is 2.